The van der Waals surface area contributed by atoms with E-state index in [2.05, 4.69) is 22.2 Å². The molecular weight excluding hydrogens is 404 g/mol. The van der Waals surface area contributed by atoms with Crippen LogP contribution in [0.2, 0.25) is 0 Å². The minimum atomic E-state index is -0.154. The van der Waals surface area contributed by atoms with Gasteiger partial charge in [0.25, 0.3) is 5.91 Å². The number of nitrogens with zero attached hydrogens (tertiary/aromatic N) is 3. The van der Waals surface area contributed by atoms with Crippen molar-refractivity contribution in [1.82, 2.24) is 14.7 Å². The van der Waals surface area contributed by atoms with Gasteiger partial charge in [0.05, 0.1) is 19.3 Å². The number of hydrogen-bond donors (Lipinski definition) is 1. The van der Waals surface area contributed by atoms with Crippen LogP contribution in [0.5, 0.6) is 11.5 Å². The molecule has 168 valence electrons. The molecule has 0 spiro atoms. The highest BCUT2D eigenvalue weighted by atomic mass is 16.5. The molecule has 1 N–H and O–H groups in total. The van der Waals surface area contributed by atoms with Gasteiger partial charge in [-0.25, -0.2) is 4.68 Å². The Balaban J connectivity index is 1.30. The van der Waals surface area contributed by atoms with Gasteiger partial charge in [-0.15, -0.1) is 0 Å². The van der Waals surface area contributed by atoms with Crippen LogP contribution in [0.15, 0.2) is 66.9 Å². The number of rotatable bonds is 8. The minimum absolute atomic E-state index is 0.154. The number of anilines is 1. The zero-order chi connectivity index (χ0) is 22.3. The number of methoxy groups -OCH3 is 1. The predicted octanol–water partition coefficient (Wildman–Crippen LogP) is 4.25. The molecule has 0 aliphatic carbocycles. The van der Waals surface area contributed by atoms with Crippen molar-refractivity contribution in [3.05, 3.63) is 72.4 Å². The van der Waals surface area contributed by atoms with Crippen molar-refractivity contribution in [2.45, 2.75) is 31.8 Å². The van der Waals surface area contributed by atoms with Gasteiger partial charge < -0.3 is 14.8 Å². The van der Waals surface area contributed by atoms with Gasteiger partial charge in [0.15, 0.2) is 0 Å². The quantitative estimate of drug-likeness (QED) is 0.574. The number of nitrogens with one attached hydrogen (secondary N) is 1. The first-order chi connectivity index (χ1) is 15.6. The number of carbonyl (C=O) groups is 1. The molecule has 1 fully saturated rings. The van der Waals surface area contributed by atoms with Gasteiger partial charge in [0.1, 0.15) is 23.9 Å². The summed E-state index contributed by atoms with van der Waals surface area (Å²) in [6, 6.07) is 19.5. The summed E-state index contributed by atoms with van der Waals surface area (Å²) in [4.78, 5) is 15.1. The summed E-state index contributed by atoms with van der Waals surface area (Å²) in [6.07, 6.45) is 3.69. The van der Waals surface area contributed by atoms with E-state index in [1.807, 2.05) is 41.1 Å². The molecule has 1 atom stereocenters. The zero-order valence-electron chi connectivity index (χ0n) is 18.6. The molecule has 2 heterocycles. The van der Waals surface area contributed by atoms with Crippen molar-refractivity contribution < 1.29 is 14.3 Å². The Hall–Kier alpha value is -3.32. The second-order valence-corrected chi connectivity index (χ2v) is 8.08. The second-order valence-electron chi connectivity index (χ2n) is 8.08. The number of aromatic nitrogens is 2. The van der Waals surface area contributed by atoms with Crippen molar-refractivity contribution in [3.8, 4) is 11.5 Å². The van der Waals surface area contributed by atoms with Gasteiger partial charge in [-0.3, -0.25) is 9.69 Å². The molecule has 0 bridgehead atoms. The summed E-state index contributed by atoms with van der Waals surface area (Å²) in [6.45, 7) is 4.81. The molecule has 1 saturated heterocycles. The minimum Gasteiger partial charge on any atom is -0.497 e. The van der Waals surface area contributed by atoms with Gasteiger partial charge in [-0.05, 0) is 56.2 Å². The average Bonchev–Trinajstić information content (AvgIpc) is 3.31. The van der Waals surface area contributed by atoms with Crippen LogP contribution in [-0.2, 0) is 0 Å². The van der Waals surface area contributed by atoms with Gasteiger partial charge >= 0.3 is 0 Å². The lowest BCUT2D eigenvalue weighted by molar-refractivity contribution is 0.101. The number of ether oxygens (including phenoxy) is 2. The van der Waals surface area contributed by atoms with E-state index in [0.29, 0.717) is 18.2 Å². The lowest BCUT2D eigenvalue weighted by Gasteiger charge is -2.36. The fourth-order valence-corrected chi connectivity index (χ4v) is 4.05. The van der Waals surface area contributed by atoms with Gasteiger partial charge in [0.2, 0.25) is 0 Å². The maximum absolute atomic E-state index is 12.7. The molecule has 4 rings (SSSR count). The predicted molar refractivity (Wildman–Crippen MR) is 124 cm³/mol. The van der Waals surface area contributed by atoms with Crippen molar-refractivity contribution in [2.75, 3.05) is 32.1 Å². The van der Waals surface area contributed by atoms with Crippen molar-refractivity contribution in [3.63, 3.8) is 0 Å². The van der Waals surface area contributed by atoms with E-state index < -0.39 is 0 Å². The van der Waals surface area contributed by atoms with Crippen LogP contribution >= 0.6 is 0 Å². The Bertz CT molecular complexity index is 996. The molecule has 1 aliphatic heterocycles. The smallest absolute Gasteiger partial charge is 0.256 e. The molecule has 0 saturated carbocycles. The Kier molecular flexibility index (Phi) is 7.07. The van der Waals surface area contributed by atoms with Crippen molar-refractivity contribution >= 4 is 11.7 Å². The standard InChI is InChI=1S/C25H30N4O3/c1-19(18-32-23-6-4-3-5-7-23)28-16-13-21(14-17-28)29-24(12-15-26-29)27-25(30)20-8-10-22(31-2)11-9-20/h3-12,15,19,21H,13-14,16-18H2,1-2H3,(H,27,30)/t19-/m0/s1. The summed E-state index contributed by atoms with van der Waals surface area (Å²) in [5, 5.41) is 7.50. The van der Waals surface area contributed by atoms with Crippen LogP contribution in [0.3, 0.4) is 0 Å². The fourth-order valence-electron chi connectivity index (χ4n) is 4.05. The van der Waals surface area contributed by atoms with Gasteiger partial charge in [-0.2, -0.15) is 5.10 Å². The van der Waals surface area contributed by atoms with Crippen LogP contribution in [0.25, 0.3) is 0 Å². The number of amides is 1. The van der Waals surface area contributed by atoms with Crippen LogP contribution < -0.4 is 14.8 Å². The third-order valence-electron chi connectivity index (χ3n) is 5.97. The lowest BCUT2D eigenvalue weighted by Crippen LogP contribution is -2.43. The van der Waals surface area contributed by atoms with Crippen molar-refractivity contribution in [1.29, 1.82) is 0 Å². The van der Waals surface area contributed by atoms with E-state index in [1.54, 1.807) is 37.6 Å². The largest absolute Gasteiger partial charge is 0.497 e. The highest BCUT2D eigenvalue weighted by Crippen LogP contribution is 2.27. The number of hydrogen-bond acceptors (Lipinski definition) is 5. The third-order valence-corrected chi connectivity index (χ3v) is 5.97. The lowest BCUT2D eigenvalue weighted by atomic mass is 10.0. The van der Waals surface area contributed by atoms with Crippen molar-refractivity contribution in [2.24, 2.45) is 0 Å². The maximum Gasteiger partial charge on any atom is 0.256 e. The number of para-hydroxylation sites is 1. The van der Waals surface area contributed by atoms with E-state index in [9.17, 15) is 4.79 Å². The molecule has 0 unspecified atom stereocenters. The SMILES string of the molecule is COc1ccc(C(=O)Nc2ccnn2C2CCN([C@@H](C)COc3ccccc3)CC2)cc1. The molecule has 0 radical (unpaired) electrons. The Morgan fingerprint density at radius 1 is 1.06 bits per heavy atom. The highest BCUT2D eigenvalue weighted by Gasteiger charge is 2.26. The molecular formula is C25H30N4O3. The van der Waals surface area contributed by atoms with E-state index in [1.165, 1.54) is 0 Å². The number of likely N-dealkylation sites (tertiary alicyclic amines) is 1. The summed E-state index contributed by atoms with van der Waals surface area (Å²) in [5.41, 5.74) is 0.584. The molecule has 7 heteroatoms. The fraction of sp³-hybridized carbons (Fsp3) is 0.360. The van der Waals surface area contributed by atoms with E-state index in [4.69, 9.17) is 9.47 Å². The molecule has 7 nitrogen and oxygen atoms in total. The topological polar surface area (TPSA) is 68.6 Å². The Morgan fingerprint density at radius 2 is 1.78 bits per heavy atom. The normalized spacial score (nSPS) is 15.8. The monoisotopic (exact) mass is 434 g/mol. The second kappa shape index (κ2) is 10.3. The number of carbonyl (C=O) groups excluding carboxylic acids is 1. The number of benzene rings is 2. The van der Waals surface area contributed by atoms with Crippen LogP contribution in [0.4, 0.5) is 5.82 Å². The molecule has 1 amide bonds. The average molecular weight is 435 g/mol. The zero-order valence-corrected chi connectivity index (χ0v) is 18.6. The third kappa shape index (κ3) is 5.29. The van der Waals surface area contributed by atoms with E-state index in [0.717, 1.165) is 43.2 Å². The van der Waals surface area contributed by atoms with Crippen LogP contribution in [0, 0.1) is 0 Å². The molecule has 1 aromatic heterocycles. The van der Waals surface area contributed by atoms with Gasteiger partial charge in [-0.1, -0.05) is 18.2 Å². The van der Waals surface area contributed by atoms with Crippen LogP contribution in [-0.4, -0.2) is 53.4 Å². The summed E-state index contributed by atoms with van der Waals surface area (Å²) < 4.78 is 13.0. The summed E-state index contributed by atoms with van der Waals surface area (Å²) >= 11 is 0. The number of piperidine rings is 1. The van der Waals surface area contributed by atoms with Crippen LogP contribution in [0.1, 0.15) is 36.2 Å². The van der Waals surface area contributed by atoms with E-state index in [-0.39, 0.29) is 11.9 Å². The summed E-state index contributed by atoms with van der Waals surface area (Å²) in [7, 11) is 1.61. The summed E-state index contributed by atoms with van der Waals surface area (Å²) in [5.74, 6) is 2.20. The molecule has 2 aromatic carbocycles. The first-order valence-electron chi connectivity index (χ1n) is 11.0. The Labute approximate surface area is 188 Å². The molecule has 32 heavy (non-hydrogen) atoms. The first kappa shape index (κ1) is 21.9. The Morgan fingerprint density at radius 3 is 2.47 bits per heavy atom. The maximum atomic E-state index is 12.7. The molecule has 3 aromatic rings. The van der Waals surface area contributed by atoms with E-state index >= 15 is 0 Å². The molecule has 1 aliphatic rings. The first-order valence-corrected chi connectivity index (χ1v) is 11.0. The van der Waals surface area contributed by atoms with Gasteiger partial charge in [0, 0.05) is 30.8 Å². The highest BCUT2D eigenvalue weighted by molar-refractivity contribution is 6.03.